The summed E-state index contributed by atoms with van der Waals surface area (Å²) in [5, 5.41) is 4.39. The maximum atomic E-state index is 13.6. The van der Waals surface area contributed by atoms with Crippen molar-refractivity contribution in [2.24, 2.45) is 0 Å². The molecule has 1 amide bonds. The van der Waals surface area contributed by atoms with Gasteiger partial charge in [0.05, 0.1) is 18.3 Å². The lowest BCUT2D eigenvalue weighted by Crippen LogP contribution is -2.50. The van der Waals surface area contributed by atoms with Gasteiger partial charge in [0.2, 0.25) is 11.2 Å². The largest absolute Gasteiger partial charge is 0.514 e. The second-order valence-corrected chi connectivity index (χ2v) is 9.34. The zero-order valence-electron chi connectivity index (χ0n) is 20.5. The fourth-order valence-electron chi connectivity index (χ4n) is 4.65. The van der Waals surface area contributed by atoms with Crippen molar-refractivity contribution >= 4 is 12.1 Å². The van der Waals surface area contributed by atoms with E-state index < -0.39 is 23.6 Å². The summed E-state index contributed by atoms with van der Waals surface area (Å²) in [6.45, 7) is 7.58. The standard InChI is InChI=1S/C27H31N3O5/c1-17(2)29-16-21(23(19-11-7-5-8-12-19)20-13-9-6-10-14-20)30-24(26(29)32)25(22(31)15-28-30)35-27(33)34-18(3)4/h5,7-9,11-15,17-18,21,23H,6,10,16H2,1-4H3/t21-,23?/m1/s1. The van der Waals surface area contributed by atoms with Crippen LogP contribution >= 0.6 is 0 Å². The molecule has 2 aliphatic rings. The van der Waals surface area contributed by atoms with Crippen LogP contribution in [0.4, 0.5) is 4.79 Å². The van der Waals surface area contributed by atoms with Gasteiger partial charge in [-0.25, -0.2) is 4.79 Å². The molecule has 2 atom stereocenters. The van der Waals surface area contributed by atoms with Crippen LogP contribution in [0.2, 0.25) is 0 Å². The number of benzene rings is 1. The molecular weight excluding hydrogens is 446 g/mol. The molecule has 0 saturated heterocycles. The Hall–Kier alpha value is -3.68. The van der Waals surface area contributed by atoms with E-state index in [0.29, 0.717) is 6.54 Å². The summed E-state index contributed by atoms with van der Waals surface area (Å²) >= 11 is 0. The maximum absolute atomic E-state index is 13.6. The minimum absolute atomic E-state index is 0.0375. The van der Waals surface area contributed by atoms with E-state index in [1.807, 2.05) is 32.0 Å². The number of amides is 1. The molecule has 0 saturated carbocycles. The normalized spacial score (nSPS) is 18.3. The lowest BCUT2D eigenvalue weighted by molar-refractivity contribution is 0.0550. The van der Waals surface area contributed by atoms with Gasteiger partial charge in [0.1, 0.15) is 0 Å². The maximum Gasteiger partial charge on any atom is 0.514 e. The van der Waals surface area contributed by atoms with Gasteiger partial charge in [0.15, 0.2) is 5.69 Å². The molecule has 0 fully saturated rings. The van der Waals surface area contributed by atoms with Gasteiger partial charge < -0.3 is 14.4 Å². The molecule has 4 rings (SSSR count). The van der Waals surface area contributed by atoms with Crippen molar-refractivity contribution in [2.45, 2.75) is 64.6 Å². The number of carbonyl (C=O) groups is 2. The molecular formula is C27H31N3O5. The fourth-order valence-corrected chi connectivity index (χ4v) is 4.65. The third-order valence-corrected chi connectivity index (χ3v) is 6.20. The Morgan fingerprint density at radius 3 is 2.46 bits per heavy atom. The van der Waals surface area contributed by atoms with Crippen LogP contribution in [0.15, 0.2) is 65.1 Å². The van der Waals surface area contributed by atoms with Gasteiger partial charge in [-0.15, -0.1) is 0 Å². The first kappa shape index (κ1) is 24.4. The highest BCUT2D eigenvalue weighted by molar-refractivity contribution is 5.96. The van der Waals surface area contributed by atoms with Gasteiger partial charge in [0.25, 0.3) is 5.91 Å². The fraction of sp³-hybridized carbons (Fsp3) is 0.407. The zero-order valence-corrected chi connectivity index (χ0v) is 20.5. The van der Waals surface area contributed by atoms with Crippen LogP contribution in [-0.4, -0.2) is 45.4 Å². The van der Waals surface area contributed by atoms with Gasteiger partial charge >= 0.3 is 6.16 Å². The molecule has 2 heterocycles. The van der Waals surface area contributed by atoms with Gasteiger partial charge in [-0.05, 0) is 51.7 Å². The Morgan fingerprint density at radius 2 is 1.83 bits per heavy atom. The van der Waals surface area contributed by atoms with E-state index in [9.17, 15) is 14.4 Å². The van der Waals surface area contributed by atoms with Crippen molar-refractivity contribution in [1.29, 1.82) is 0 Å². The van der Waals surface area contributed by atoms with Gasteiger partial charge in [-0.1, -0.05) is 48.6 Å². The monoisotopic (exact) mass is 477 g/mol. The van der Waals surface area contributed by atoms with Crippen LogP contribution in [0.1, 0.15) is 68.5 Å². The molecule has 35 heavy (non-hydrogen) atoms. The molecule has 0 spiro atoms. The molecule has 1 aromatic carbocycles. The van der Waals surface area contributed by atoms with Crippen LogP contribution in [0.5, 0.6) is 5.75 Å². The lowest BCUT2D eigenvalue weighted by atomic mass is 9.81. The first-order chi connectivity index (χ1) is 16.8. The number of nitrogens with zero attached hydrogens (tertiary/aromatic N) is 3. The van der Waals surface area contributed by atoms with E-state index in [0.717, 1.165) is 30.2 Å². The van der Waals surface area contributed by atoms with Crippen molar-refractivity contribution in [3.05, 3.63) is 81.8 Å². The first-order valence-electron chi connectivity index (χ1n) is 12.0. The van der Waals surface area contributed by atoms with Crippen molar-refractivity contribution in [1.82, 2.24) is 14.7 Å². The SMILES string of the molecule is CC(C)OC(=O)Oc1c2n(ncc1=O)[C@@H](C(C1=CCCC=C1)c1ccccc1)CN(C(C)C)C2=O. The van der Waals surface area contributed by atoms with Crippen LogP contribution in [0.3, 0.4) is 0 Å². The van der Waals surface area contributed by atoms with Crippen LogP contribution < -0.4 is 10.2 Å². The minimum atomic E-state index is -1.03. The molecule has 184 valence electrons. The van der Waals surface area contributed by atoms with Crippen LogP contribution in [0.25, 0.3) is 0 Å². The summed E-state index contributed by atoms with van der Waals surface area (Å²) in [5.74, 6) is -0.897. The molecule has 0 N–H and O–H groups in total. The number of hydrogen-bond acceptors (Lipinski definition) is 6. The first-order valence-corrected chi connectivity index (χ1v) is 12.0. The predicted molar refractivity (Wildman–Crippen MR) is 132 cm³/mol. The van der Waals surface area contributed by atoms with Crippen LogP contribution in [0, 0.1) is 0 Å². The molecule has 0 radical (unpaired) electrons. The zero-order chi connectivity index (χ0) is 25.1. The molecule has 0 bridgehead atoms. The summed E-state index contributed by atoms with van der Waals surface area (Å²) < 4.78 is 12.0. The molecule has 8 heteroatoms. The lowest BCUT2D eigenvalue weighted by Gasteiger charge is -2.41. The van der Waals surface area contributed by atoms with Crippen LogP contribution in [-0.2, 0) is 4.74 Å². The molecule has 1 aliphatic heterocycles. The minimum Gasteiger partial charge on any atom is -0.431 e. The quantitative estimate of drug-likeness (QED) is 0.564. The molecule has 2 aromatic rings. The highest BCUT2D eigenvalue weighted by Crippen LogP contribution is 2.41. The van der Waals surface area contributed by atoms with E-state index in [1.54, 1.807) is 23.4 Å². The Kier molecular flexibility index (Phi) is 7.19. The van der Waals surface area contributed by atoms with E-state index >= 15 is 0 Å². The molecule has 8 nitrogen and oxygen atoms in total. The number of ether oxygens (including phenoxy) is 2. The molecule has 1 aliphatic carbocycles. The smallest absolute Gasteiger partial charge is 0.431 e. The van der Waals surface area contributed by atoms with E-state index in [2.05, 4.69) is 35.5 Å². The second kappa shape index (κ2) is 10.3. The highest BCUT2D eigenvalue weighted by Gasteiger charge is 2.41. The highest BCUT2D eigenvalue weighted by atomic mass is 16.7. The topological polar surface area (TPSA) is 90.7 Å². The Morgan fingerprint density at radius 1 is 1.09 bits per heavy atom. The number of aromatic nitrogens is 2. The number of allylic oxidation sites excluding steroid dienone is 4. The van der Waals surface area contributed by atoms with E-state index in [-0.39, 0.29) is 29.4 Å². The molecule has 1 unspecified atom stereocenters. The molecule has 1 aromatic heterocycles. The third-order valence-electron chi connectivity index (χ3n) is 6.20. The average Bonchev–Trinajstić information content (AvgIpc) is 2.83. The van der Waals surface area contributed by atoms with E-state index in [4.69, 9.17) is 9.47 Å². The van der Waals surface area contributed by atoms with Crippen molar-refractivity contribution in [3.8, 4) is 5.75 Å². The van der Waals surface area contributed by atoms with Crippen molar-refractivity contribution < 1.29 is 19.1 Å². The Bertz CT molecular complexity index is 1210. The number of rotatable bonds is 6. The Labute approximate surface area is 204 Å². The Balaban J connectivity index is 1.90. The average molecular weight is 478 g/mol. The van der Waals surface area contributed by atoms with Crippen molar-refractivity contribution in [3.63, 3.8) is 0 Å². The summed E-state index contributed by atoms with van der Waals surface area (Å²) in [5.41, 5.74) is 1.51. The number of hydrogen-bond donors (Lipinski definition) is 0. The van der Waals surface area contributed by atoms with Crippen molar-refractivity contribution in [2.75, 3.05) is 6.54 Å². The third kappa shape index (κ3) is 5.06. The number of carbonyl (C=O) groups excluding carboxylic acids is 2. The van der Waals surface area contributed by atoms with Gasteiger partial charge in [-0.2, -0.15) is 5.10 Å². The van der Waals surface area contributed by atoms with Gasteiger partial charge in [0, 0.05) is 18.5 Å². The summed E-state index contributed by atoms with van der Waals surface area (Å²) in [4.78, 5) is 40.4. The summed E-state index contributed by atoms with van der Waals surface area (Å²) in [6.07, 6.45) is 8.01. The summed E-state index contributed by atoms with van der Waals surface area (Å²) in [6, 6.07) is 9.58. The summed E-state index contributed by atoms with van der Waals surface area (Å²) in [7, 11) is 0. The number of fused-ring (bicyclic) bond motifs is 1. The van der Waals surface area contributed by atoms with E-state index in [1.165, 1.54) is 0 Å². The second-order valence-electron chi connectivity index (χ2n) is 9.34. The predicted octanol–water partition coefficient (Wildman–Crippen LogP) is 4.63. The van der Waals surface area contributed by atoms with Gasteiger partial charge in [-0.3, -0.25) is 14.3 Å².